The van der Waals surface area contributed by atoms with E-state index >= 15 is 0 Å². The Labute approximate surface area is 174 Å². The van der Waals surface area contributed by atoms with Gasteiger partial charge in [-0.1, -0.05) is 30.3 Å². The molecule has 0 aliphatic carbocycles. The van der Waals surface area contributed by atoms with Crippen LogP contribution in [-0.4, -0.2) is 31.0 Å². The standard InChI is InChI=1S/C20H22F3NO3.Li/c1-24(14-12-19(25)26)13-11-18(15-5-3-2-4-6-15)27-17-9-7-16(8-10-17)20(21,22)23;/h2-10,18H,11-14H2,1H3,(H,25,26);/q;+1/p-1/t18-;/m0./s1. The van der Waals surface area contributed by atoms with Crippen LogP contribution < -0.4 is 28.7 Å². The van der Waals surface area contributed by atoms with Crippen LogP contribution in [0.2, 0.25) is 0 Å². The smallest absolute Gasteiger partial charge is 0.550 e. The Balaban J connectivity index is 0.00000392. The molecule has 0 saturated carbocycles. The number of nitrogens with zero attached hydrogens (tertiary/aromatic N) is 1. The van der Waals surface area contributed by atoms with Crippen molar-refractivity contribution in [1.29, 1.82) is 0 Å². The normalized spacial score (nSPS) is 12.3. The predicted molar refractivity (Wildman–Crippen MR) is 93.0 cm³/mol. The number of carboxylic acids is 1. The molecule has 0 bridgehead atoms. The molecule has 0 N–H and O–H groups in total. The van der Waals surface area contributed by atoms with Gasteiger partial charge in [0.25, 0.3) is 0 Å². The van der Waals surface area contributed by atoms with Crippen molar-refractivity contribution >= 4 is 5.97 Å². The minimum Gasteiger partial charge on any atom is -0.550 e. The van der Waals surface area contributed by atoms with E-state index in [0.29, 0.717) is 25.3 Å². The summed E-state index contributed by atoms with van der Waals surface area (Å²) in [5.74, 6) is -0.767. The maximum Gasteiger partial charge on any atom is 1.00 e. The molecule has 2 aromatic carbocycles. The zero-order valence-electron chi connectivity index (χ0n) is 15.9. The molecule has 0 aliphatic heterocycles. The number of alkyl halides is 3. The van der Waals surface area contributed by atoms with Gasteiger partial charge in [0.2, 0.25) is 0 Å². The summed E-state index contributed by atoms with van der Waals surface area (Å²) in [6.07, 6.45) is -4.27. The summed E-state index contributed by atoms with van der Waals surface area (Å²) in [6.45, 7) is 0.914. The van der Waals surface area contributed by atoms with E-state index in [4.69, 9.17) is 4.74 Å². The Bertz CT molecular complexity index is 724. The first-order valence-electron chi connectivity index (χ1n) is 8.53. The Morgan fingerprint density at radius 2 is 1.68 bits per heavy atom. The van der Waals surface area contributed by atoms with Gasteiger partial charge in [-0.15, -0.1) is 0 Å². The molecule has 0 radical (unpaired) electrons. The number of carbonyl (C=O) groups is 1. The Hall–Kier alpha value is -1.94. The van der Waals surface area contributed by atoms with Crippen LogP contribution in [0.25, 0.3) is 0 Å². The van der Waals surface area contributed by atoms with Gasteiger partial charge >= 0.3 is 25.0 Å². The minimum absolute atomic E-state index is 0. The van der Waals surface area contributed by atoms with Gasteiger partial charge in [-0.05, 0) is 43.3 Å². The zero-order chi connectivity index (χ0) is 19.9. The molecule has 0 spiro atoms. The van der Waals surface area contributed by atoms with Gasteiger partial charge in [-0.2, -0.15) is 13.2 Å². The number of hydrogen-bond acceptors (Lipinski definition) is 4. The molecule has 0 fully saturated rings. The molecular formula is C20H21F3LiNO3. The third-order valence-electron chi connectivity index (χ3n) is 4.10. The van der Waals surface area contributed by atoms with Crippen molar-refractivity contribution in [1.82, 2.24) is 4.90 Å². The number of ether oxygens (including phenoxy) is 1. The quantitative estimate of drug-likeness (QED) is 0.581. The van der Waals surface area contributed by atoms with E-state index in [1.54, 1.807) is 7.05 Å². The molecule has 0 aliphatic rings. The molecule has 0 saturated heterocycles. The van der Waals surface area contributed by atoms with Gasteiger partial charge in [0.1, 0.15) is 11.9 Å². The maximum absolute atomic E-state index is 12.7. The summed E-state index contributed by atoms with van der Waals surface area (Å²) < 4.78 is 44.0. The first-order chi connectivity index (χ1) is 12.8. The van der Waals surface area contributed by atoms with Crippen LogP contribution in [-0.2, 0) is 11.0 Å². The van der Waals surface area contributed by atoms with Gasteiger partial charge in [-0.3, -0.25) is 0 Å². The third-order valence-corrected chi connectivity index (χ3v) is 4.10. The Morgan fingerprint density at radius 3 is 2.21 bits per heavy atom. The zero-order valence-corrected chi connectivity index (χ0v) is 15.9. The van der Waals surface area contributed by atoms with Crippen molar-refractivity contribution in [2.75, 3.05) is 20.1 Å². The number of hydrogen-bond donors (Lipinski definition) is 0. The monoisotopic (exact) mass is 387 g/mol. The summed E-state index contributed by atoms with van der Waals surface area (Å²) in [5, 5.41) is 10.6. The van der Waals surface area contributed by atoms with Gasteiger partial charge in [0, 0.05) is 25.5 Å². The SMILES string of the molecule is CN(CCC(=O)[O-])CC[C@H](Oc1ccc(C(F)(F)F)cc1)c1ccccc1.[Li+]. The average Bonchev–Trinajstić information content (AvgIpc) is 2.63. The van der Waals surface area contributed by atoms with Gasteiger partial charge in [-0.25, -0.2) is 0 Å². The van der Waals surface area contributed by atoms with E-state index in [9.17, 15) is 23.1 Å². The second-order valence-corrected chi connectivity index (χ2v) is 6.25. The molecule has 0 heterocycles. The maximum atomic E-state index is 12.7. The van der Waals surface area contributed by atoms with Gasteiger partial charge < -0.3 is 19.5 Å². The molecule has 0 aromatic heterocycles. The molecule has 1 atom stereocenters. The van der Waals surface area contributed by atoms with Crippen LogP contribution in [0.5, 0.6) is 5.75 Å². The Kier molecular flexibility index (Phi) is 9.60. The first kappa shape index (κ1) is 24.1. The third kappa shape index (κ3) is 7.97. The fourth-order valence-corrected chi connectivity index (χ4v) is 2.58. The Morgan fingerprint density at radius 1 is 1.07 bits per heavy atom. The molecule has 0 unspecified atom stereocenters. The van der Waals surface area contributed by atoms with Crippen molar-refractivity contribution < 1.29 is 46.7 Å². The predicted octanol–water partition coefficient (Wildman–Crippen LogP) is 0.291. The van der Waals surface area contributed by atoms with Crippen LogP contribution in [0.15, 0.2) is 54.6 Å². The second-order valence-electron chi connectivity index (χ2n) is 6.25. The van der Waals surface area contributed by atoms with Crippen molar-refractivity contribution in [2.24, 2.45) is 0 Å². The number of carbonyl (C=O) groups excluding carboxylic acids is 1. The molecule has 2 aromatic rings. The molecule has 0 amide bonds. The van der Waals surface area contributed by atoms with Crippen LogP contribution in [0.4, 0.5) is 13.2 Å². The summed E-state index contributed by atoms with van der Waals surface area (Å²) >= 11 is 0. The van der Waals surface area contributed by atoms with E-state index in [2.05, 4.69) is 0 Å². The number of rotatable bonds is 9. The van der Waals surface area contributed by atoms with Crippen molar-refractivity contribution in [3.8, 4) is 5.75 Å². The van der Waals surface area contributed by atoms with E-state index < -0.39 is 17.7 Å². The van der Waals surface area contributed by atoms with E-state index in [-0.39, 0.29) is 31.4 Å². The number of benzene rings is 2. The second kappa shape index (κ2) is 11.2. The van der Waals surface area contributed by atoms with E-state index in [1.807, 2.05) is 35.2 Å². The van der Waals surface area contributed by atoms with Crippen molar-refractivity contribution in [3.05, 3.63) is 65.7 Å². The van der Waals surface area contributed by atoms with Crippen LogP contribution >= 0.6 is 0 Å². The fourth-order valence-electron chi connectivity index (χ4n) is 2.58. The topological polar surface area (TPSA) is 52.6 Å². The van der Waals surface area contributed by atoms with Crippen LogP contribution in [0.1, 0.15) is 30.1 Å². The number of halogens is 3. The van der Waals surface area contributed by atoms with Gasteiger partial charge in [0.15, 0.2) is 0 Å². The molecule has 8 heteroatoms. The van der Waals surface area contributed by atoms with Crippen molar-refractivity contribution in [3.63, 3.8) is 0 Å². The molecule has 28 heavy (non-hydrogen) atoms. The molecule has 4 nitrogen and oxygen atoms in total. The largest absolute Gasteiger partial charge is 1.00 e. The van der Waals surface area contributed by atoms with Crippen LogP contribution in [0.3, 0.4) is 0 Å². The van der Waals surface area contributed by atoms with Gasteiger partial charge in [0.05, 0.1) is 5.56 Å². The number of carboxylic acid groups (broad SMARTS) is 1. The molecule has 146 valence electrons. The van der Waals surface area contributed by atoms with Crippen molar-refractivity contribution in [2.45, 2.75) is 25.1 Å². The minimum atomic E-state index is -4.39. The summed E-state index contributed by atoms with van der Waals surface area (Å²) in [6, 6.07) is 13.9. The van der Waals surface area contributed by atoms with Crippen LogP contribution in [0, 0.1) is 0 Å². The van der Waals surface area contributed by atoms with E-state index in [1.165, 1.54) is 12.1 Å². The average molecular weight is 387 g/mol. The molecule has 2 rings (SSSR count). The first-order valence-corrected chi connectivity index (χ1v) is 8.53. The fraction of sp³-hybridized carbons (Fsp3) is 0.350. The summed E-state index contributed by atoms with van der Waals surface area (Å²) in [7, 11) is 1.79. The van der Waals surface area contributed by atoms with E-state index in [0.717, 1.165) is 17.7 Å². The summed E-state index contributed by atoms with van der Waals surface area (Å²) in [5.41, 5.74) is 0.166. The summed E-state index contributed by atoms with van der Waals surface area (Å²) in [4.78, 5) is 12.4. The molecular weight excluding hydrogens is 366 g/mol. The number of aliphatic carboxylic acids is 1.